The number of ether oxygens (including phenoxy) is 2. The Morgan fingerprint density at radius 1 is 1.29 bits per heavy atom. The Labute approximate surface area is 127 Å². The van der Waals surface area contributed by atoms with Crippen molar-refractivity contribution < 1.29 is 14.3 Å². The molecule has 0 aliphatic heterocycles. The SMILES string of the molecule is CCCCC(CC)COc1ccc(N)c(C(=O)OCC)c1. The van der Waals surface area contributed by atoms with Crippen molar-refractivity contribution in [2.75, 3.05) is 18.9 Å². The zero-order chi connectivity index (χ0) is 15.7. The van der Waals surface area contributed by atoms with Gasteiger partial charge in [0.1, 0.15) is 5.75 Å². The van der Waals surface area contributed by atoms with Gasteiger partial charge in [-0.25, -0.2) is 4.79 Å². The molecule has 4 nitrogen and oxygen atoms in total. The molecule has 0 heterocycles. The van der Waals surface area contributed by atoms with Crippen LogP contribution in [0.2, 0.25) is 0 Å². The molecule has 0 saturated heterocycles. The van der Waals surface area contributed by atoms with Crippen molar-refractivity contribution in [2.24, 2.45) is 5.92 Å². The van der Waals surface area contributed by atoms with Crippen molar-refractivity contribution in [1.29, 1.82) is 0 Å². The summed E-state index contributed by atoms with van der Waals surface area (Å²) in [6, 6.07) is 5.15. The fourth-order valence-corrected chi connectivity index (χ4v) is 2.12. The quantitative estimate of drug-likeness (QED) is 0.551. The van der Waals surface area contributed by atoms with Gasteiger partial charge >= 0.3 is 5.97 Å². The van der Waals surface area contributed by atoms with Crippen LogP contribution >= 0.6 is 0 Å². The summed E-state index contributed by atoms with van der Waals surface area (Å²) in [7, 11) is 0. The van der Waals surface area contributed by atoms with Gasteiger partial charge in [0.15, 0.2) is 0 Å². The normalized spacial score (nSPS) is 12.0. The van der Waals surface area contributed by atoms with Crippen LogP contribution in [0.1, 0.15) is 56.8 Å². The lowest BCUT2D eigenvalue weighted by Crippen LogP contribution is -2.12. The van der Waals surface area contributed by atoms with Crippen LogP contribution in [0.3, 0.4) is 0 Å². The lowest BCUT2D eigenvalue weighted by atomic mass is 10.0. The van der Waals surface area contributed by atoms with Crippen LogP contribution in [0, 0.1) is 5.92 Å². The number of anilines is 1. The van der Waals surface area contributed by atoms with Crippen LogP contribution in [0.15, 0.2) is 18.2 Å². The number of esters is 1. The van der Waals surface area contributed by atoms with E-state index in [2.05, 4.69) is 13.8 Å². The van der Waals surface area contributed by atoms with Crippen molar-refractivity contribution in [3.63, 3.8) is 0 Å². The molecule has 0 aromatic heterocycles. The van der Waals surface area contributed by atoms with Crippen molar-refractivity contribution >= 4 is 11.7 Å². The number of hydrogen-bond acceptors (Lipinski definition) is 4. The molecular formula is C17H27NO3. The number of rotatable bonds is 9. The summed E-state index contributed by atoms with van der Waals surface area (Å²) in [5.41, 5.74) is 6.60. The Morgan fingerprint density at radius 2 is 2.05 bits per heavy atom. The van der Waals surface area contributed by atoms with Crippen molar-refractivity contribution in [1.82, 2.24) is 0 Å². The van der Waals surface area contributed by atoms with E-state index in [4.69, 9.17) is 15.2 Å². The third kappa shape index (κ3) is 5.66. The molecule has 1 aromatic rings. The topological polar surface area (TPSA) is 61.5 Å². The Morgan fingerprint density at radius 3 is 2.67 bits per heavy atom. The molecule has 2 N–H and O–H groups in total. The minimum atomic E-state index is -0.404. The second-order valence-corrected chi connectivity index (χ2v) is 5.20. The number of nitrogen functional groups attached to an aromatic ring is 1. The van der Waals surface area contributed by atoms with E-state index in [-0.39, 0.29) is 0 Å². The fraction of sp³-hybridized carbons (Fsp3) is 0.588. The van der Waals surface area contributed by atoms with Gasteiger partial charge in [-0.1, -0.05) is 33.1 Å². The molecule has 4 heteroatoms. The summed E-state index contributed by atoms with van der Waals surface area (Å²) < 4.78 is 10.8. The highest BCUT2D eigenvalue weighted by molar-refractivity contribution is 5.95. The first-order valence-electron chi connectivity index (χ1n) is 7.81. The van der Waals surface area contributed by atoms with E-state index in [0.717, 1.165) is 6.42 Å². The number of unbranched alkanes of at least 4 members (excludes halogenated alkanes) is 1. The van der Waals surface area contributed by atoms with Gasteiger partial charge in [-0.3, -0.25) is 0 Å². The summed E-state index contributed by atoms with van der Waals surface area (Å²) in [4.78, 5) is 11.8. The van der Waals surface area contributed by atoms with E-state index in [0.29, 0.717) is 36.1 Å². The summed E-state index contributed by atoms with van der Waals surface area (Å²) in [6.45, 7) is 7.14. The maximum absolute atomic E-state index is 11.8. The van der Waals surface area contributed by atoms with E-state index < -0.39 is 5.97 Å². The summed E-state index contributed by atoms with van der Waals surface area (Å²) in [6.07, 6.45) is 4.69. The van der Waals surface area contributed by atoms with Gasteiger partial charge in [0.2, 0.25) is 0 Å². The minimum Gasteiger partial charge on any atom is -0.493 e. The molecule has 1 unspecified atom stereocenters. The van der Waals surface area contributed by atoms with Crippen molar-refractivity contribution in [3.8, 4) is 5.75 Å². The maximum Gasteiger partial charge on any atom is 0.340 e. The first kappa shape index (κ1) is 17.3. The van der Waals surface area contributed by atoms with E-state index in [1.807, 2.05) is 0 Å². The average Bonchev–Trinajstić information content (AvgIpc) is 2.49. The highest BCUT2D eigenvalue weighted by Crippen LogP contribution is 2.22. The lowest BCUT2D eigenvalue weighted by molar-refractivity contribution is 0.0527. The second-order valence-electron chi connectivity index (χ2n) is 5.20. The molecule has 0 aliphatic carbocycles. The fourth-order valence-electron chi connectivity index (χ4n) is 2.12. The Kier molecular flexibility index (Phi) is 7.65. The lowest BCUT2D eigenvalue weighted by Gasteiger charge is -2.16. The summed E-state index contributed by atoms with van der Waals surface area (Å²) in [5.74, 6) is 0.814. The van der Waals surface area contributed by atoms with E-state index in [1.165, 1.54) is 19.3 Å². The number of nitrogens with two attached hydrogens (primary N) is 1. The molecule has 0 amide bonds. The van der Waals surface area contributed by atoms with Gasteiger partial charge in [-0.2, -0.15) is 0 Å². The zero-order valence-electron chi connectivity index (χ0n) is 13.4. The highest BCUT2D eigenvalue weighted by Gasteiger charge is 2.13. The number of benzene rings is 1. The molecule has 0 fully saturated rings. The maximum atomic E-state index is 11.8. The van der Waals surface area contributed by atoms with E-state index in [9.17, 15) is 4.79 Å². The van der Waals surface area contributed by atoms with E-state index >= 15 is 0 Å². The van der Waals surface area contributed by atoms with Gasteiger partial charge in [0.05, 0.1) is 18.8 Å². The number of hydrogen-bond donors (Lipinski definition) is 1. The summed E-state index contributed by atoms with van der Waals surface area (Å²) in [5, 5.41) is 0. The van der Waals surface area contributed by atoms with E-state index in [1.54, 1.807) is 25.1 Å². The van der Waals surface area contributed by atoms with Crippen LogP contribution in [-0.4, -0.2) is 19.2 Å². The van der Waals surface area contributed by atoms with Gasteiger partial charge in [0.25, 0.3) is 0 Å². The molecule has 0 radical (unpaired) electrons. The largest absolute Gasteiger partial charge is 0.493 e. The Hall–Kier alpha value is -1.71. The molecule has 0 aliphatic rings. The van der Waals surface area contributed by atoms with Crippen LogP contribution < -0.4 is 10.5 Å². The van der Waals surface area contributed by atoms with Crippen molar-refractivity contribution in [3.05, 3.63) is 23.8 Å². The Bertz CT molecular complexity index is 446. The van der Waals surface area contributed by atoms with Crippen LogP contribution in [0.25, 0.3) is 0 Å². The first-order chi connectivity index (χ1) is 10.1. The summed E-state index contributed by atoms with van der Waals surface area (Å²) >= 11 is 0. The minimum absolute atomic E-state index is 0.332. The molecule has 0 saturated carbocycles. The molecule has 0 bridgehead atoms. The van der Waals surface area contributed by atoms with Gasteiger partial charge in [0, 0.05) is 5.69 Å². The molecule has 1 rings (SSSR count). The highest BCUT2D eigenvalue weighted by atomic mass is 16.5. The monoisotopic (exact) mass is 293 g/mol. The molecule has 0 spiro atoms. The number of carbonyl (C=O) groups is 1. The van der Waals surface area contributed by atoms with Crippen LogP contribution in [0.5, 0.6) is 5.75 Å². The predicted molar refractivity (Wildman–Crippen MR) is 85.6 cm³/mol. The number of carbonyl (C=O) groups excluding carboxylic acids is 1. The second kappa shape index (κ2) is 9.27. The zero-order valence-corrected chi connectivity index (χ0v) is 13.4. The van der Waals surface area contributed by atoms with Gasteiger partial charge in [-0.05, 0) is 37.5 Å². The van der Waals surface area contributed by atoms with Crippen LogP contribution in [-0.2, 0) is 4.74 Å². The Balaban J connectivity index is 2.67. The van der Waals surface area contributed by atoms with Crippen LogP contribution in [0.4, 0.5) is 5.69 Å². The molecule has 1 atom stereocenters. The van der Waals surface area contributed by atoms with Gasteiger partial charge in [-0.15, -0.1) is 0 Å². The standard InChI is InChI=1S/C17H27NO3/c1-4-7-8-13(5-2)12-21-14-9-10-16(18)15(11-14)17(19)20-6-3/h9-11,13H,4-8,12,18H2,1-3H3. The molecule has 21 heavy (non-hydrogen) atoms. The molecule has 118 valence electrons. The van der Waals surface area contributed by atoms with Crippen molar-refractivity contribution in [2.45, 2.75) is 46.5 Å². The third-order valence-corrected chi connectivity index (χ3v) is 3.55. The molecule has 1 aromatic carbocycles. The average molecular weight is 293 g/mol. The smallest absolute Gasteiger partial charge is 0.340 e. The third-order valence-electron chi connectivity index (χ3n) is 3.55. The van der Waals surface area contributed by atoms with Gasteiger partial charge < -0.3 is 15.2 Å². The first-order valence-corrected chi connectivity index (χ1v) is 7.81. The molecular weight excluding hydrogens is 266 g/mol. The predicted octanol–water partition coefficient (Wildman–Crippen LogP) is 4.04.